The Kier molecular flexibility index (Phi) is 3.23. The molecule has 0 aliphatic heterocycles. The van der Waals surface area contributed by atoms with Gasteiger partial charge in [-0.05, 0) is 12.1 Å². The fourth-order valence-corrected chi connectivity index (χ4v) is 1.79. The third-order valence-electron chi connectivity index (χ3n) is 2.30. The minimum Gasteiger partial charge on any atom is -0.475 e. The second-order valence-corrected chi connectivity index (χ2v) is 3.95. The van der Waals surface area contributed by atoms with Gasteiger partial charge in [-0.3, -0.25) is 0 Å². The maximum Gasteiger partial charge on any atom is 0.417 e. The van der Waals surface area contributed by atoms with Crippen molar-refractivity contribution in [3.63, 3.8) is 0 Å². The second-order valence-electron chi connectivity index (χ2n) is 3.54. The maximum absolute atomic E-state index is 12.8. The largest absolute Gasteiger partial charge is 0.475 e. The number of hydrogen-bond acceptors (Lipinski definition) is 3. The summed E-state index contributed by atoms with van der Waals surface area (Å²) < 4.78 is 43.0. The van der Waals surface area contributed by atoms with Crippen LogP contribution in [-0.2, 0) is 6.18 Å². The van der Waals surface area contributed by atoms with Gasteiger partial charge in [0.1, 0.15) is 5.69 Å². The van der Waals surface area contributed by atoms with Crippen molar-refractivity contribution in [1.82, 2.24) is 5.16 Å². The van der Waals surface area contributed by atoms with Crippen LogP contribution in [0.2, 0.25) is 5.02 Å². The summed E-state index contributed by atoms with van der Waals surface area (Å²) in [5, 5.41) is 11.8. The zero-order chi connectivity index (χ0) is 14.2. The molecule has 0 aliphatic carbocycles. The van der Waals surface area contributed by atoms with Gasteiger partial charge in [-0.2, -0.15) is 13.2 Å². The van der Waals surface area contributed by atoms with E-state index in [1.165, 1.54) is 6.07 Å². The molecule has 8 heteroatoms. The zero-order valence-corrected chi connectivity index (χ0v) is 9.79. The molecule has 0 saturated heterocycles. The molecule has 1 aromatic carbocycles. The number of benzene rings is 1. The summed E-state index contributed by atoms with van der Waals surface area (Å²) in [5.74, 6) is -2.00. The van der Waals surface area contributed by atoms with Crippen LogP contribution in [0.1, 0.15) is 16.1 Å². The summed E-state index contributed by atoms with van der Waals surface area (Å²) in [6.07, 6.45) is -4.64. The summed E-state index contributed by atoms with van der Waals surface area (Å²) in [7, 11) is 0. The lowest BCUT2D eigenvalue weighted by atomic mass is 10.0. The van der Waals surface area contributed by atoms with Gasteiger partial charge in [0.15, 0.2) is 0 Å². The predicted molar refractivity (Wildman–Crippen MR) is 58.9 cm³/mol. The molecule has 0 unspecified atom stereocenters. The fourth-order valence-electron chi connectivity index (χ4n) is 1.51. The normalized spacial score (nSPS) is 11.6. The van der Waals surface area contributed by atoms with Crippen LogP contribution in [0, 0.1) is 0 Å². The van der Waals surface area contributed by atoms with E-state index in [1.807, 2.05) is 0 Å². The predicted octanol–water partition coefficient (Wildman–Crippen LogP) is 3.71. The Morgan fingerprint density at radius 3 is 2.58 bits per heavy atom. The van der Waals surface area contributed by atoms with Gasteiger partial charge < -0.3 is 9.63 Å². The van der Waals surface area contributed by atoms with Crippen molar-refractivity contribution in [1.29, 1.82) is 0 Å². The molecule has 0 amide bonds. The summed E-state index contributed by atoms with van der Waals surface area (Å²) in [5.41, 5.74) is -1.70. The molecule has 4 nitrogen and oxygen atoms in total. The van der Waals surface area contributed by atoms with Gasteiger partial charge in [-0.25, -0.2) is 4.79 Å². The molecule has 1 heterocycles. The number of aromatic carboxylic acids is 1. The first-order valence-corrected chi connectivity index (χ1v) is 5.24. The summed E-state index contributed by atoms with van der Waals surface area (Å²) in [6, 6.07) is 4.11. The van der Waals surface area contributed by atoms with Crippen LogP contribution < -0.4 is 0 Å². The van der Waals surface area contributed by atoms with Gasteiger partial charge in [-0.15, -0.1) is 0 Å². The fraction of sp³-hybridized carbons (Fsp3) is 0.0909. The molecular formula is C11H5ClF3NO3. The number of rotatable bonds is 2. The third kappa shape index (κ3) is 2.55. The number of halogens is 4. The minimum atomic E-state index is -4.64. The van der Waals surface area contributed by atoms with E-state index >= 15 is 0 Å². The van der Waals surface area contributed by atoms with Crippen LogP contribution in [-0.4, -0.2) is 16.2 Å². The Morgan fingerprint density at radius 1 is 1.37 bits per heavy atom. The van der Waals surface area contributed by atoms with Crippen LogP contribution in [0.25, 0.3) is 11.3 Å². The molecule has 0 bridgehead atoms. The van der Waals surface area contributed by atoms with Crippen molar-refractivity contribution in [2.24, 2.45) is 0 Å². The van der Waals surface area contributed by atoms with Crippen molar-refractivity contribution >= 4 is 17.6 Å². The molecule has 0 spiro atoms. The lowest BCUT2D eigenvalue weighted by molar-refractivity contribution is -0.137. The molecular weight excluding hydrogens is 287 g/mol. The Balaban J connectivity index is 2.63. The highest BCUT2D eigenvalue weighted by molar-refractivity contribution is 6.33. The van der Waals surface area contributed by atoms with Gasteiger partial charge in [-0.1, -0.05) is 22.8 Å². The first-order chi connectivity index (χ1) is 8.80. The van der Waals surface area contributed by atoms with Crippen LogP contribution in [0.15, 0.2) is 28.8 Å². The Bertz CT molecular complexity index is 636. The second kappa shape index (κ2) is 4.58. The number of carbonyl (C=O) groups is 1. The molecule has 1 aromatic heterocycles. The highest BCUT2D eigenvalue weighted by Crippen LogP contribution is 2.40. The third-order valence-corrected chi connectivity index (χ3v) is 2.61. The molecule has 0 saturated carbocycles. The van der Waals surface area contributed by atoms with E-state index in [9.17, 15) is 18.0 Å². The molecule has 0 aliphatic rings. The van der Waals surface area contributed by atoms with Crippen LogP contribution in [0.4, 0.5) is 13.2 Å². The van der Waals surface area contributed by atoms with Crippen molar-refractivity contribution in [2.75, 3.05) is 0 Å². The molecule has 2 aromatic rings. The van der Waals surface area contributed by atoms with Gasteiger partial charge in [0.25, 0.3) is 0 Å². The van der Waals surface area contributed by atoms with Crippen LogP contribution >= 0.6 is 11.6 Å². The van der Waals surface area contributed by atoms with E-state index in [4.69, 9.17) is 16.7 Å². The quantitative estimate of drug-likeness (QED) is 0.916. The van der Waals surface area contributed by atoms with Crippen molar-refractivity contribution in [2.45, 2.75) is 6.18 Å². The maximum atomic E-state index is 12.8. The zero-order valence-electron chi connectivity index (χ0n) is 9.03. The average Bonchev–Trinajstić information content (AvgIpc) is 2.76. The Labute approximate surface area is 109 Å². The van der Waals surface area contributed by atoms with E-state index in [2.05, 4.69) is 9.68 Å². The molecule has 100 valence electrons. The summed E-state index contributed by atoms with van der Waals surface area (Å²) in [6.45, 7) is 0. The monoisotopic (exact) mass is 291 g/mol. The van der Waals surface area contributed by atoms with Gasteiger partial charge in [0.2, 0.25) is 5.76 Å². The van der Waals surface area contributed by atoms with Crippen molar-refractivity contribution < 1.29 is 27.6 Å². The summed E-state index contributed by atoms with van der Waals surface area (Å²) in [4.78, 5) is 10.6. The molecule has 0 fully saturated rings. The highest BCUT2D eigenvalue weighted by Gasteiger charge is 2.35. The number of carboxylic acid groups (broad SMARTS) is 1. The lowest BCUT2D eigenvalue weighted by Crippen LogP contribution is -2.07. The molecule has 0 atom stereocenters. The number of nitrogens with zero attached hydrogens (tertiary/aromatic N) is 1. The van der Waals surface area contributed by atoms with Crippen molar-refractivity contribution in [3.05, 3.63) is 40.6 Å². The minimum absolute atomic E-state index is 0.194. The Hall–Kier alpha value is -2.02. The van der Waals surface area contributed by atoms with E-state index in [0.717, 1.165) is 18.2 Å². The van der Waals surface area contributed by atoms with E-state index in [-0.39, 0.29) is 10.7 Å². The smallest absolute Gasteiger partial charge is 0.417 e. The first-order valence-electron chi connectivity index (χ1n) is 4.87. The van der Waals surface area contributed by atoms with Crippen LogP contribution in [0.3, 0.4) is 0 Å². The van der Waals surface area contributed by atoms with E-state index < -0.39 is 29.0 Å². The standard InChI is InChI=1S/C11H5ClF3NO3/c12-6-3-1-2-5(11(13,14)15)9(6)7-4-8(10(17)18)19-16-7/h1-4H,(H,17,18). The molecule has 2 rings (SSSR count). The van der Waals surface area contributed by atoms with Crippen LogP contribution in [0.5, 0.6) is 0 Å². The topological polar surface area (TPSA) is 63.3 Å². The molecule has 19 heavy (non-hydrogen) atoms. The SMILES string of the molecule is O=C(O)c1cc(-c2c(Cl)cccc2C(F)(F)F)no1. The van der Waals surface area contributed by atoms with E-state index in [0.29, 0.717) is 0 Å². The first kappa shape index (κ1) is 13.4. The Morgan fingerprint density at radius 2 is 2.05 bits per heavy atom. The number of aromatic nitrogens is 1. The highest BCUT2D eigenvalue weighted by atomic mass is 35.5. The van der Waals surface area contributed by atoms with Gasteiger partial charge >= 0.3 is 12.1 Å². The summed E-state index contributed by atoms with van der Waals surface area (Å²) >= 11 is 5.73. The van der Waals surface area contributed by atoms with Gasteiger partial charge in [0, 0.05) is 11.6 Å². The van der Waals surface area contributed by atoms with Gasteiger partial charge in [0.05, 0.1) is 10.6 Å². The number of hydrogen-bond donors (Lipinski definition) is 1. The van der Waals surface area contributed by atoms with E-state index in [1.54, 1.807) is 0 Å². The number of alkyl halides is 3. The average molecular weight is 292 g/mol. The number of carboxylic acids is 1. The lowest BCUT2D eigenvalue weighted by Gasteiger charge is -2.11. The van der Waals surface area contributed by atoms with Crippen molar-refractivity contribution in [3.8, 4) is 11.3 Å². The molecule has 0 radical (unpaired) electrons. The molecule has 1 N–H and O–H groups in total.